The summed E-state index contributed by atoms with van der Waals surface area (Å²) in [6.45, 7) is 1.63. The predicted octanol–water partition coefficient (Wildman–Crippen LogP) is 2.72. The average Bonchev–Trinajstić information content (AvgIpc) is 2.36. The Morgan fingerprint density at radius 1 is 1.30 bits per heavy atom. The third-order valence-electron chi connectivity index (χ3n) is 2.67. The zero-order valence-corrected chi connectivity index (χ0v) is 10.4. The highest BCUT2D eigenvalue weighted by atomic mass is 19.4. The van der Waals surface area contributed by atoms with Crippen molar-refractivity contribution in [1.29, 1.82) is 0 Å². The molecule has 0 unspecified atom stereocenters. The van der Waals surface area contributed by atoms with E-state index in [9.17, 15) is 22.8 Å². The van der Waals surface area contributed by atoms with Crippen molar-refractivity contribution < 1.29 is 22.7 Å². The lowest BCUT2D eigenvalue weighted by Crippen LogP contribution is -2.19. The van der Waals surface area contributed by atoms with Crippen LogP contribution in [0.25, 0.3) is 10.9 Å². The molecular formula is C13H10F3NO3. The zero-order valence-electron chi connectivity index (χ0n) is 10.4. The molecule has 0 fully saturated rings. The molecule has 0 bridgehead atoms. The van der Waals surface area contributed by atoms with Crippen molar-refractivity contribution in [3.05, 3.63) is 45.7 Å². The molecule has 1 aromatic carbocycles. The first-order chi connectivity index (χ1) is 9.32. The summed E-state index contributed by atoms with van der Waals surface area (Å²) in [7, 11) is 0. The first kappa shape index (κ1) is 14.1. The van der Waals surface area contributed by atoms with Crippen molar-refractivity contribution in [2.75, 3.05) is 6.61 Å². The van der Waals surface area contributed by atoms with Crippen molar-refractivity contribution in [3.63, 3.8) is 0 Å². The minimum atomic E-state index is -4.49. The maximum Gasteiger partial charge on any atom is 0.416 e. The number of alkyl halides is 3. The molecule has 1 aromatic heterocycles. The standard InChI is InChI=1S/C13H10F3NO3/c1-2-20-12(19)9-6-7-5-8(13(14,15)16)3-4-10(7)17-11(9)18/h3-6H,2H2,1H3,(H,17,18). The van der Waals surface area contributed by atoms with Crippen molar-refractivity contribution >= 4 is 16.9 Å². The highest BCUT2D eigenvalue weighted by Gasteiger charge is 2.30. The number of ether oxygens (including phenoxy) is 1. The topological polar surface area (TPSA) is 59.2 Å². The third-order valence-corrected chi connectivity index (χ3v) is 2.67. The lowest BCUT2D eigenvalue weighted by atomic mass is 10.1. The van der Waals surface area contributed by atoms with E-state index in [-0.39, 0.29) is 23.1 Å². The van der Waals surface area contributed by atoms with E-state index in [1.165, 1.54) is 0 Å². The van der Waals surface area contributed by atoms with E-state index in [1.54, 1.807) is 6.92 Å². The van der Waals surface area contributed by atoms with Gasteiger partial charge in [-0.15, -0.1) is 0 Å². The molecule has 0 aliphatic rings. The second kappa shape index (κ2) is 4.99. The van der Waals surface area contributed by atoms with Crippen LogP contribution in [0, 0.1) is 0 Å². The van der Waals surface area contributed by atoms with Gasteiger partial charge in [0.05, 0.1) is 12.2 Å². The fourth-order valence-electron chi connectivity index (χ4n) is 1.74. The van der Waals surface area contributed by atoms with Gasteiger partial charge in [-0.25, -0.2) is 4.79 Å². The summed E-state index contributed by atoms with van der Waals surface area (Å²) in [6, 6.07) is 3.98. The van der Waals surface area contributed by atoms with Crippen LogP contribution in [-0.2, 0) is 10.9 Å². The summed E-state index contributed by atoms with van der Waals surface area (Å²) >= 11 is 0. The molecule has 4 nitrogen and oxygen atoms in total. The van der Waals surface area contributed by atoms with Crippen LogP contribution in [-0.4, -0.2) is 17.6 Å². The normalized spacial score (nSPS) is 11.6. The molecule has 0 amide bonds. The monoisotopic (exact) mass is 285 g/mol. The third kappa shape index (κ3) is 2.66. The van der Waals surface area contributed by atoms with Crippen LogP contribution in [0.2, 0.25) is 0 Å². The molecule has 0 spiro atoms. The molecular weight excluding hydrogens is 275 g/mol. The molecule has 0 aliphatic carbocycles. The van der Waals surface area contributed by atoms with Gasteiger partial charge < -0.3 is 9.72 Å². The Kier molecular flexibility index (Phi) is 3.52. The van der Waals surface area contributed by atoms with Gasteiger partial charge in [0.1, 0.15) is 5.56 Å². The Morgan fingerprint density at radius 3 is 2.60 bits per heavy atom. The number of esters is 1. The Labute approximate surface area is 111 Å². The fourth-order valence-corrected chi connectivity index (χ4v) is 1.74. The smallest absolute Gasteiger partial charge is 0.416 e. The fraction of sp³-hybridized carbons (Fsp3) is 0.231. The SMILES string of the molecule is CCOC(=O)c1cc2cc(C(F)(F)F)ccc2[nH]c1=O. The predicted molar refractivity (Wildman–Crippen MR) is 65.5 cm³/mol. The molecule has 106 valence electrons. The second-order valence-corrected chi connectivity index (χ2v) is 4.03. The highest BCUT2D eigenvalue weighted by Crippen LogP contribution is 2.30. The number of fused-ring (bicyclic) bond motifs is 1. The van der Waals surface area contributed by atoms with E-state index >= 15 is 0 Å². The molecule has 1 heterocycles. The maximum atomic E-state index is 12.6. The van der Waals surface area contributed by atoms with Gasteiger partial charge in [-0.05, 0) is 36.6 Å². The Bertz CT molecular complexity index is 719. The van der Waals surface area contributed by atoms with Crippen LogP contribution in [0.3, 0.4) is 0 Å². The molecule has 0 saturated heterocycles. The van der Waals surface area contributed by atoms with Crippen molar-refractivity contribution in [1.82, 2.24) is 4.98 Å². The number of pyridine rings is 1. The average molecular weight is 285 g/mol. The van der Waals surface area contributed by atoms with E-state index in [2.05, 4.69) is 9.72 Å². The molecule has 0 aliphatic heterocycles. The molecule has 2 aromatic rings. The number of rotatable bonds is 2. The molecule has 1 N–H and O–H groups in total. The van der Waals surface area contributed by atoms with E-state index in [0.717, 1.165) is 24.3 Å². The molecule has 0 radical (unpaired) electrons. The number of benzene rings is 1. The van der Waals surface area contributed by atoms with Crippen LogP contribution in [0.15, 0.2) is 29.1 Å². The summed E-state index contributed by atoms with van der Waals surface area (Å²) in [5.74, 6) is -0.868. The van der Waals surface area contributed by atoms with E-state index in [0.29, 0.717) is 0 Å². The number of nitrogens with one attached hydrogen (secondary N) is 1. The van der Waals surface area contributed by atoms with Crippen LogP contribution in [0.4, 0.5) is 13.2 Å². The lowest BCUT2D eigenvalue weighted by Gasteiger charge is -2.08. The van der Waals surface area contributed by atoms with Crippen LogP contribution < -0.4 is 5.56 Å². The molecule has 0 atom stereocenters. The van der Waals surface area contributed by atoms with Gasteiger partial charge in [0.2, 0.25) is 0 Å². The quantitative estimate of drug-likeness (QED) is 0.863. The van der Waals surface area contributed by atoms with E-state index in [1.807, 2.05) is 0 Å². The Morgan fingerprint density at radius 2 is 2.00 bits per heavy atom. The van der Waals surface area contributed by atoms with Crippen molar-refractivity contribution in [3.8, 4) is 0 Å². The lowest BCUT2D eigenvalue weighted by molar-refractivity contribution is -0.137. The number of carbonyl (C=O) groups is 1. The summed E-state index contributed by atoms with van der Waals surface area (Å²) in [5.41, 5.74) is -1.66. The molecule has 7 heteroatoms. The van der Waals surface area contributed by atoms with Crippen molar-refractivity contribution in [2.24, 2.45) is 0 Å². The number of hydrogen-bond acceptors (Lipinski definition) is 3. The minimum absolute atomic E-state index is 0.0684. The number of carbonyl (C=O) groups excluding carboxylic acids is 1. The second-order valence-electron chi connectivity index (χ2n) is 4.03. The van der Waals surface area contributed by atoms with Gasteiger partial charge in [-0.1, -0.05) is 0 Å². The summed E-state index contributed by atoms with van der Waals surface area (Å²) in [4.78, 5) is 25.5. The van der Waals surface area contributed by atoms with Crippen molar-refractivity contribution in [2.45, 2.75) is 13.1 Å². The van der Waals surface area contributed by atoms with Crippen LogP contribution in [0.1, 0.15) is 22.8 Å². The molecule has 20 heavy (non-hydrogen) atoms. The Balaban J connectivity index is 2.61. The number of aromatic amines is 1. The Hall–Kier alpha value is -2.31. The highest BCUT2D eigenvalue weighted by molar-refractivity contribution is 5.93. The van der Waals surface area contributed by atoms with Crippen LogP contribution in [0.5, 0.6) is 0 Å². The summed E-state index contributed by atoms with van der Waals surface area (Å²) < 4.78 is 42.5. The molecule has 2 rings (SSSR count). The van der Waals surface area contributed by atoms with Gasteiger partial charge >= 0.3 is 12.1 Å². The number of aromatic nitrogens is 1. The summed E-state index contributed by atoms with van der Waals surface area (Å²) in [6.07, 6.45) is -4.49. The van der Waals surface area contributed by atoms with E-state index in [4.69, 9.17) is 0 Å². The first-order valence-corrected chi connectivity index (χ1v) is 5.74. The van der Waals surface area contributed by atoms with Gasteiger partial charge in [0.15, 0.2) is 0 Å². The number of hydrogen-bond donors (Lipinski definition) is 1. The molecule has 0 saturated carbocycles. The van der Waals surface area contributed by atoms with Gasteiger partial charge in [0, 0.05) is 5.52 Å². The van der Waals surface area contributed by atoms with Gasteiger partial charge in [0.25, 0.3) is 5.56 Å². The number of H-pyrrole nitrogens is 1. The zero-order chi connectivity index (χ0) is 14.9. The maximum absolute atomic E-state index is 12.6. The van der Waals surface area contributed by atoms with E-state index < -0.39 is 23.3 Å². The van der Waals surface area contributed by atoms with Crippen LogP contribution >= 0.6 is 0 Å². The van der Waals surface area contributed by atoms with Gasteiger partial charge in [-0.2, -0.15) is 13.2 Å². The summed E-state index contributed by atoms with van der Waals surface area (Å²) in [5, 5.41) is 0.113. The number of halogens is 3. The van der Waals surface area contributed by atoms with Gasteiger partial charge in [-0.3, -0.25) is 4.79 Å². The largest absolute Gasteiger partial charge is 0.462 e. The minimum Gasteiger partial charge on any atom is -0.462 e. The first-order valence-electron chi connectivity index (χ1n) is 5.74.